The first-order valence-corrected chi connectivity index (χ1v) is 7.42. The van der Waals surface area contributed by atoms with Crippen molar-refractivity contribution in [3.63, 3.8) is 0 Å². The Balaban J connectivity index is 1.94. The highest BCUT2D eigenvalue weighted by Gasteiger charge is 2.20. The molecule has 0 atom stereocenters. The average molecular weight is 300 g/mol. The van der Waals surface area contributed by atoms with Crippen molar-refractivity contribution in [3.8, 4) is 0 Å². The van der Waals surface area contributed by atoms with Crippen molar-refractivity contribution < 1.29 is 0 Å². The lowest BCUT2D eigenvalue weighted by Crippen LogP contribution is -2.21. The molecule has 0 amide bonds. The number of benzene rings is 1. The summed E-state index contributed by atoms with van der Waals surface area (Å²) in [4.78, 5) is 10.6. The van der Waals surface area contributed by atoms with Gasteiger partial charge < -0.3 is 4.90 Å². The quantitative estimate of drug-likeness (QED) is 0.647. The molecule has 0 bridgehead atoms. The molecule has 3 aromatic rings. The monoisotopic (exact) mass is 299 g/mol. The highest BCUT2D eigenvalue weighted by molar-refractivity contribution is 6.29. The molecule has 4 rings (SSSR count). The molecule has 3 heterocycles. The van der Waals surface area contributed by atoms with E-state index in [9.17, 15) is 0 Å². The fourth-order valence-electron chi connectivity index (χ4n) is 2.89. The topological polar surface area (TPSA) is 46.3 Å². The lowest BCUT2D eigenvalue weighted by molar-refractivity contribution is 0.750. The highest BCUT2D eigenvalue weighted by Crippen LogP contribution is 2.33. The van der Waals surface area contributed by atoms with E-state index in [0.717, 1.165) is 25.2 Å². The van der Waals surface area contributed by atoms with E-state index in [0.29, 0.717) is 10.9 Å². The van der Waals surface area contributed by atoms with Crippen LogP contribution in [0.4, 0.5) is 11.5 Å². The second kappa shape index (κ2) is 5.00. The van der Waals surface area contributed by atoms with Crippen LogP contribution in [0.5, 0.6) is 0 Å². The first-order valence-electron chi connectivity index (χ1n) is 7.05. The molecular weight excluding hydrogens is 286 g/mol. The van der Waals surface area contributed by atoms with Gasteiger partial charge in [0, 0.05) is 18.3 Å². The number of halogens is 1. The number of hydrogen-bond donors (Lipinski definition) is 0. The molecule has 106 valence electrons. The molecule has 2 aromatic heterocycles. The van der Waals surface area contributed by atoms with Crippen LogP contribution >= 0.6 is 11.6 Å². The van der Waals surface area contributed by atoms with Crippen LogP contribution in [-0.4, -0.2) is 26.1 Å². The Morgan fingerprint density at radius 1 is 1.14 bits per heavy atom. The van der Waals surface area contributed by atoms with E-state index >= 15 is 0 Å². The summed E-state index contributed by atoms with van der Waals surface area (Å²) in [6.45, 7) is 0.937. The van der Waals surface area contributed by atoms with Crippen LogP contribution in [-0.2, 0) is 6.42 Å². The number of aryl methyl sites for hydroxylation is 1. The molecule has 0 unspecified atom stereocenters. The van der Waals surface area contributed by atoms with Crippen molar-refractivity contribution >= 4 is 28.9 Å². The normalized spacial score (nSPS) is 15.0. The zero-order valence-electron chi connectivity index (χ0n) is 11.4. The summed E-state index contributed by atoms with van der Waals surface area (Å²) in [6.07, 6.45) is 4.93. The summed E-state index contributed by atoms with van der Waals surface area (Å²) in [5, 5.41) is 4.72. The van der Waals surface area contributed by atoms with Crippen LogP contribution in [0.25, 0.3) is 5.78 Å². The first kappa shape index (κ1) is 12.6. The van der Waals surface area contributed by atoms with Crippen LogP contribution < -0.4 is 4.90 Å². The third kappa shape index (κ3) is 2.14. The van der Waals surface area contributed by atoms with E-state index in [4.69, 9.17) is 11.6 Å². The smallest absolute Gasteiger partial charge is 0.255 e. The molecule has 1 aromatic carbocycles. The standard InChI is InChI=1S/C15H14ClN5/c16-13-9-14(21-15(19-13)17-10-18-21)20-8-4-3-6-11-5-1-2-7-12(11)20/h1-2,5,7,9-10H,3-4,6,8H2. The predicted molar refractivity (Wildman–Crippen MR) is 82.2 cm³/mol. The second-order valence-electron chi connectivity index (χ2n) is 5.15. The number of fused-ring (bicyclic) bond motifs is 2. The third-order valence-electron chi connectivity index (χ3n) is 3.84. The van der Waals surface area contributed by atoms with Gasteiger partial charge >= 0.3 is 0 Å². The molecule has 1 aliphatic rings. The molecule has 1 aliphatic heterocycles. The van der Waals surface area contributed by atoms with Crippen LogP contribution in [0.1, 0.15) is 18.4 Å². The van der Waals surface area contributed by atoms with Crippen molar-refractivity contribution in [1.82, 2.24) is 19.6 Å². The second-order valence-corrected chi connectivity index (χ2v) is 5.53. The molecule has 0 saturated carbocycles. The zero-order chi connectivity index (χ0) is 14.2. The SMILES string of the molecule is Clc1cc(N2CCCCc3ccccc32)n2ncnc2n1. The van der Waals surface area contributed by atoms with Crippen LogP contribution in [0.2, 0.25) is 5.15 Å². The Labute approximate surface area is 127 Å². The minimum Gasteiger partial charge on any atom is -0.326 e. The van der Waals surface area contributed by atoms with Gasteiger partial charge in [0.15, 0.2) is 0 Å². The molecule has 6 heteroatoms. The van der Waals surface area contributed by atoms with Crippen molar-refractivity contribution in [3.05, 3.63) is 47.4 Å². The van der Waals surface area contributed by atoms with Crippen molar-refractivity contribution in [2.75, 3.05) is 11.4 Å². The Morgan fingerprint density at radius 2 is 2.05 bits per heavy atom. The van der Waals surface area contributed by atoms with Gasteiger partial charge in [-0.15, -0.1) is 0 Å². The Bertz CT molecular complexity index is 798. The van der Waals surface area contributed by atoms with E-state index in [2.05, 4.69) is 44.2 Å². The van der Waals surface area contributed by atoms with Crippen molar-refractivity contribution in [2.45, 2.75) is 19.3 Å². The maximum absolute atomic E-state index is 6.15. The third-order valence-corrected chi connectivity index (χ3v) is 4.03. The predicted octanol–water partition coefficient (Wildman–Crippen LogP) is 3.25. The largest absolute Gasteiger partial charge is 0.326 e. The van der Waals surface area contributed by atoms with Crippen molar-refractivity contribution in [2.24, 2.45) is 0 Å². The minimum absolute atomic E-state index is 0.437. The zero-order valence-corrected chi connectivity index (χ0v) is 12.2. The van der Waals surface area contributed by atoms with Crippen LogP contribution in [0.15, 0.2) is 36.7 Å². The Kier molecular flexibility index (Phi) is 3.00. The summed E-state index contributed by atoms with van der Waals surface area (Å²) in [5.74, 6) is 1.44. The number of aromatic nitrogens is 4. The first-order chi connectivity index (χ1) is 10.3. The Hall–Kier alpha value is -2.14. The molecule has 21 heavy (non-hydrogen) atoms. The summed E-state index contributed by atoms with van der Waals surface area (Å²) in [7, 11) is 0. The maximum Gasteiger partial charge on any atom is 0.255 e. The van der Waals surface area contributed by atoms with Gasteiger partial charge in [-0.1, -0.05) is 29.8 Å². The lowest BCUT2D eigenvalue weighted by Gasteiger charge is -2.25. The van der Waals surface area contributed by atoms with Gasteiger partial charge in [-0.05, 0) is 30.9 Å². The van der Waals surface area contributed by atoms with E-state index in [1.165, 1.54) is 24.0 Å². The minimum atomic E-state index is 0.437. The van der Waals surface area contributed by atoms with Gasteiger partial charge in [-0.25, -0.2) is 0 Å². The molecule has 5 nitrogen and oxygen atoms in total. The van der Waals surface area contributed by atoms with E-state index in [-0.39, 0.29) is 0 Å². The van der Waals surface area contributed by atoms with Gasteiger partial charge in [-0.3, -0.25) is 0 Å². The van der Waals surface area contributed by atoms with Gasteiger partial charge in [0.1, 0.15) is 17.3 Å². The maximum atomic E-state index is 6.15. The van der Waals surface area contributed by atoms with Crippen LogP contribution in [0.3, 0.4) is 0 Å². The van der Waals surface area contributed by atoms with Gasteiger partial charge in [0.2, 0.25) is 0 Å². The number of hydrogen-bond acceptors (Lipinski definition) is 4. The van der Waals surface area contributed by atoms with Crippen LogP contribution in [0, 0.1) is 0 Å². The molecule has 0 aliphatic carbocycles. The molecule has 0 N–H and O–H groups in total. The molecule has 0 fully saturated rings. The van der Waals surface area contributed by atoms with Crippen molar-refractivity contribution in [1.29, 1.82) is 0 Å². The van der Waals surface area contributed by atoms with Gasteiger partial charge in [-0.2, -0.15) is 19.6 Å². The fraction of sp³-hybridized carbons (Fsp3) is 0.267. The van der Waals surface area contributed by atoms with Gasteiger partial charge in [0.25, 0.3) is 5.78 Å². The van der Waals surface area contributed by atoms with E-state index < -0.39 is 0 Å². The highest BCUT2D eigenvalue weighted by atomic mass is 35.5. The van der Waals surface area contributed by atoms with E-state index in [1.807, 2.05) is 6.07 Å². The number of nitrogens with zero attached hydrogens (tertiary/aromatic N) is 5. The number of para-hydroxylation sites is 1. The fourth-order valence-corrected chi connectivity index (χ4v) is 3.06. The van der Waals surface area contributed by atoms with E-state index in [1.54, 1.807) is 4.52 Å². The number of rotatable bonds is 1. The molecule has 0 radical (unpaired) electrons. The average Bonchev–Trinajstić information content (AvgIpc) is 2.85. The summed E-state index contributed by atoms with van der Waals surface area (Å²) in [6, 6.07) is 10.4. The summed E-state index contributed by atoms with van der Waals surface area (Å²) in [5.41, 5.74) is 2.57. The molecule has 0 spiro atoms. The summed E-state index contributed by atoms with van der Waals surface area (Å²) >= 11 is 6.15. The number of anilines is 2. The molecule has 0 saturated heterocycles. The van der Waals surface area contributed by atoms with Gasteiger partial charge in [0.05, 0.1) is 0 Å². The Morgan fingerprint density at radius 3 is 3.00 bits per heavy atom. The molecular formula is C15H14ClN5. The summed E-state index contributed by atoms with van der Waals surface area (Å²) < 4.78 is 1.74. The lowest BCUT2D eigenvalue weighted by atomic mass is 10.1.